The van der Waals surface area contributed by atoms with Gasteiger partial charge in [-0.1, -0.05) is 0 Å². The number of rotatable bonds is 1. The average molecular weight is 392 g/mol. The number of aliphatic hydroxyl groups is 4. The summed E-state index contributed by atoms with van der Waals surface area (Å²) in [6.07, 6.45) is -0.658. The number of Topliss-reactive ketones (excluding diaryl/α,β-unsaturated/α-hetero) is 2. The van der Waals surface area contributed by atoms with Gasteiger partial charge < -0.3 is 20.4 Å². The van der Waals surface area contributed by atoms with Crippen molar-refractivity contribution in [1.29, 1.82) is 0 Å². The van der Waals surface area contributed by atoms with Gasteiger partial charge in [0.2, 0.25) is 0 Å². The molecule has 0 bridgehead atoms. The van der Waals surface area contributed by atoms with Crippen molar-refractivity contribution >= 4 is 23.0 Å². The maximum Gasteiger partial charge on any atom is 0.137 e. The minimum atomic E-state index is -0.879. The Kier molecular flexibility index (Phi) is 5.48. The fraction of sp³-hybridized carbons (Fsp3) is 0.800. The molecule has 4 aliphatic rings. The van der Waals surface area contributed by atoms with Crippen LogP contribution in [0.4, 0.5) is 0 Å². The van der Waals surface area contributed by atoms with Crippen LogP contribution in [0, 0.1) is 23.7 Å². The van der Waals surface area contributed by atoms with Crippen LogP contribution in [0.25, 0.3) is 0 Å². The SMILES string of the molecule is O=C1CC/C(=N/N=C2/CCC(=O)[C@H]3C[C@H](O)[C@H](O)C[C@H]23)[C@H]2C[C@@H](O)[C@@H](O)C[C@H]12. The Labute approximate surface area is 163 Å². The van der Waals surface area contributed by atoms with Crippen molar-refractivity contribution in [3.05, 3.63) is 0 Å². The van der Waals surface area contributed by atoms with Crippen LogP contribution in [0.15, 0.2) is 10.2 Å². The van der Waals surface area contributed by atoms with E-state index in [0.717, 1.165) is 11.4 Å². The number of hydrogen-bond donors (Lipinski definition) is 4. The van der Waals surface area contributed by atoms with Gasteiger partial charge in [0.05, 0.1) is 24.4 Å². The summed E-state index contributed by atoms with van der Waals surface area (Å²) in [5, 5.41) is 48.8. The molecule has 8 atom stereocenters. The molecule has 0 spiro atoms. The first-order chi connectivity index (χ1) is 13.3. The molecule has 4 fully saturated rings. The van der Waals surface area contributed by atoms with E-state index in [0.29, 0.717) is 38.5 Å². The molecule has 4 saturated carbocycles. The zero-order valence-corrected chi connectivity index (χ0v) is 15.8. The van der Waals surface area contributed by atoms with E-state index in [2.05, 4.69) is 10.2 Å². The van der Waals surface area contributed by atoms with Crippen molar-refractivity contribution in [2.45, 2.75) is 75.8 Å². The van der Waals surface area contributed by atoms with Crippen molar-refractivity contribution < 1.29 is 30.0 Å². The molecule has 0 aromatic heterocycles. The van der Waals surface area contributed by atoms with Crippen LogP contribution in [0.5, 0.6) is 0 Å². The summed E-state index contributed by atoms with van der Waals surface area (Å²) in [5.74, 6) is -0.838. The summed E-state index contributed by atoms with van der Waals surface area (Å²) in [5.41, 5.74) is 1.54. The van der Waals surface area contributed by atoms with Gasteiger partial charge in [-0.25, -0.2) is 0 Å². The zero-order chi connectivity index (χ0) is 20.0. The van der Waals surface area contributed by atoms with Crippen molar-refractivity contribution in [3.8, 4) is 0 Å². The lowest BCUT2D eigenvalue weighted by atomic mass is 9.67. The highest BCUT2D eigenvalue weighted by Gasteiger charge is 2.45. The summed E-state index contributed by atoms with van der Waals surface area (Å²) in [7, 11) is 0. The fourth-order valence-electron chi connectivity index (χ4n) is 5.40. The highest BCUT2D eigenvalue weighted by Crippen LogP contribution is 2.39. The molecule has 8 nitrogen and oxygen atoms in total. The van der Waals surface area contributed by atoms with Crippen molar-refractivity contribution in [2.75, 3.05) is 0 Å². The van der Waals surface area contributed by atoms with E-state index in [1.165, 1.54) is 0 Å². The Bertz CT molecular complexity index is 659. The number of ketones is 2. The van der Waals surface area contributed by atoms with Gasteiger partial charge in [-0.15, -0.1) is 0 Å². The number of fused-ring (bicyclic) bond motifs is 2. The molecule has 28 heavy (non-hydrogen) atoms. The van der Waals surface area contributed by atoms with Crippen LogP contribution >= 0.6 is 0 Å². The highest BCUT2D eigenvalue weighted by molar-refractivity contribution is 6.01. The summed E-state index contributed by atoms with van der Waals surface area (Å²) in [6, 6.07) is 0. The van der Waals surface area contributed by atoms with Crippen molar-refractivity contribution in [3.63, 3.8) is 0 Å². The highest BCUT2D eigenvalue weighted by atomic mass is 16.3. The van der Waals surface area contributed by atoms with Gasteiger partial charge in [-0.05, 0) is 38.5 Å². The van der Waals surface area contributed by atoms with E-state index in [1.54, 1.807) is 0 Å². The molecule has 4 N–H and O–H groups in total. The molecular weight excluding hydrogens is 364 g/mol. The molecule has 0 saturated heterocycles. The van der Waals surface area contributed by atoms with Crippen LogP contribution in [0.3, 0.4) is 0 Å². The van der Waals surface area contributed by atoms with Crippen molar-refractivity contribution in [1.82, 2.24) is 0 Å². The minimum Gasteiger partial charge on any atom is -0.390 e. The Morgan fingerprint density at radius 1 is 0.536 bits per heavy atom. The second kappa shape index (κ2) is 7.74. The first-order valence-corrected chi connectivity index (χ1v) is 10.3. The molecule has 0 aromatic rings. The van der Waals surface area contributed by atoms with Gasteiger partial charge in [0.15, 0.2) is 0 Å². The average Bonchev–Trinajstić information content (AvgIpc) is 2.66. The monoisotopic (exact) mass is 392 g/mol. The molecule has 0 aliphatic heterocycles. The lowest BCUT2D eigenvalue weighted by Crippen LogP contribution is -2.47. The van der Waals surface area contributed by atoms with Crippen molar-refractivity contribution in [2.24, 2.45) is 33.9 Å². The molecule has 4 aliphatic carbocycles. The summed E-state index contributed by atoms with van der Waals surface area (Å²) < 4.78 is 0. The van der Waals surface area contributed by atoms with Crippen LogP contribution in [-0.4, -0.2) is 67.8 Å². The number of nitrogens with zero attached hydrogens (tertiary/aromatic N) is 2. The maximum absolute atomic E-state index is 12.3. The molecule has 154 valence electrons. The van der Waals surface area contributed by atoms with E-state index >= 15 is 0 Å². The third-order valence-electron chi connectivity index (χ3n) is 7.09. The fourth-order valence-corrected chi connectivity index (χ4v) is 5.40. The molecule has 0 aromatic carbocycles. The Balaban J connectivity index is 1.57. The molecular formula is C20H28N2O6. The zero-order valence-electron chi connectivity index (χ0n) is 15.8. The van der Waals surface area contributed by atoms with Gasteiger partial charge >= 0.3 is 0 Å². The molecule has 0 radical (unpaired) electrons. The number of carbonyl (C=O) groups is 2. The predicted octanol–water partition coefficient (Wildman–Crippen LogP) is 0.00520. The predicted molar refractivity (Wildman–Crippen MR) is 99.8 cm³/mol. The Morgan fingerprint density at radius 2 is 0.857 bits per heavy atom. The smallest absolute Gasteiger partial charge is 0.137 e. The van der Waals surface area contributed by atoms with E-state index in [-0.39, 0.29) is 48.1 Å². The molecule has 0 unspecified atom stereocenters. The van der Waals surface area contributed by atoms with Gasteiger partial charge in [-0.2, -0.15) is 10.2 Å². The second-order valence-corrected chi connectivity index (χ2v) is 8.75. The minimum absolute atomic E-state index is 0.107. The lowest BCUT2D eigenvalue weighted by Gasteiger charge is -2.40. The molecule has 0 heterocycles. The van der Waals surface area contributed by atoms with E-state index in [4.69, 9.17) is 0 Å². The second-order valence-electron chi connectivity index (χ2n) is 8.75. The van der Waals surface area contributed by atoms with Crippen LogP contribution < -0.4 is 0 Å². The van der Waals surface area contributed by atoms with Crippen LogP contribution in [0.2, 0.25) is 0 Å². The van der Waals surface area contributed by atoms with Crippen LogP contribution in [-0.2, 0) is 9.59 Å². The van der Waals surface area contributed by atoms with E-state index in [9.17, 15) is 30.0 Å². The largest absolute Gasteiger partial charge is 0.390 e. The summed E-state index contributed by atoms with van der Waals surface area (Å²) in [6.45, 7) is 0. The standard InChI is InChI=1S/C20H28N2O6/c23-15-3-1-13(9-5-17(25)19(27)7-11(9)15)21-22-14-2-4-16(24)12-8-20(28)18(26)6-10(12)14/h9-12,17-20,25-28H,1-8H2/b21-13-,22-14-/t9-,10-,11-,12-,17+,18+,19-,20-/m0/s1. The third-order valence-corrected chi connectivity index (χ3v) is 7.09. The number of aliphatic hydroxyl groups excluding tert-OH is 4. The maximum atomic E-state index is 12.3. The molecule has 4 rings (SSSR count). The van der Waals surface area contributed by atoms with E-state index < -0.39 is 24.4 Å². The number of carbonyl (C=O) groups excluding carboxylic acids is 2. The summed E-state index contributed by atoms with van der Waals surface area (Å²) in [4.78, 5) is 24.5. The molecule has 8 heteroatoms. The first-order valence-electron chi connectivity index (χ1n) is 10.3. The van der Waals surface area contributed by atoms with Gasteiger partial charge in [0.1, 0.15) is 11.6 Å². The molecule has 0 amide bonds. The lowest BCUT2D eigenvalue weighted by molar-refractivity contribution is -0.130. The quantitative estimate of drug-likeness (QED) is 0.463. The van der Waals surface area contributed by atoms with Gasteiger partial charge in [0, 0.05) is 47.9 Å². The third kappa shape index (κ3) is 3.58. The van der Waals surface area contributed by atoms with E-state index in [1.807, 2.05) is 0 Å². The summed E-state index contributed by atoms with van der Waals surface area (Å²) >= 11 is 0. The van der Waals surface area contributed by atoms with Gasteiger partial charge in [0.25, 0.3) is 0 Å². The number of hydrogen-bond acceptors (Lipinski definition) is 8. The Morgan fingerprint density at radius 3 is 1.21 bits per heavy atom. The first kappa shape index (κ1) is 19.8. The topological polar surface area (TPSA) is 140 Å². The van der Waals surface area contributed by atoms with Crippen LogP contribution in [0.1, 0.15) is 51.4 Å². The Hall–Kier alpha value is -1.48. The van der Waals surface area contributed by atoms with Gasteiger partial charge in [-0.3, -0.25) is 9.59 Å². The normalized spacial score (nSPS) is 47.1.